The van der Waals surface area contributed by atoms with Crippen LogP contribution >= 0.6 is 7.26 Å². The summed E-state index contributed by atoms with van der Waals surface area (Å²) in [6.07, 6.45) is 13.0. The molecule has 0 saturated carbocycles. The summed E-state index contributed by atoms with van der Waals surface area (Å²) >= 11 is 0. The summed E-state index contributed by atoms with van der Waals surface area (Å²) < 4.78 is 34.5. The second-order valence-corrected chi connectivity index (χ2v) is 14.0. The van der Waals surface area contributed by atoms with Crippen molar-refractivity contribution in [3.8, 4) is 0 Å². The Balaban J connectivity index is 3.66. The quantitative estimate of drug-likeness (QED) is 0.246. The van der Waals surface area contributed by atoms with Crippen molar-refractivity contribution in [3.05, 3.63) is 29.3 Å². The molecule has 1 aromatic rings. The van der Waals surface area contributed by atoms with Crippen LogP contribution < -0.4 is 0 Å². The average molecular weight is 430 g/mol. The van der Waals surface area contributed by atoms with Crippen LogP contribution in [0.4, 0.5) is 0 Å². The van der Waals surface area contributed by atoms with Crippen LogP contribution in [-0.4, -0.2) is 31.5 Å². The fourth-order valence-electron chi connectivity index (χ4n) is 4.49. The molecule has 28 heavy (non-hydrogen) atoms. The molecule has 1 unspecified atom stereocenters. The van der Waals surface area contributed by atoms with Crippen molar-refractivity contribution >= 4 is 17.4 Å². The number of benzene rings is 1. The number of hydrogen-bond donors (Lipinski definition) is 1. The molecule has 3 nitrogen and oxygen atoms in total. The summed E-state index contributed by atoms with van der Waals surface area (Å²) in [7, 11) is -5.62. The minimum atomic E-state index is -4.22. The maximum absolute atomic E-state index is 12.3. The molecule has 5 heteroatoms. The molecule has 1 rings (SSSR count). The van der Waals surface area contributed by atoms with E-state index in [-0.39, 0.29) is 10.6 Å². The smallest absolute Gasteiger partial charge is 0.282 e. The molecule has 0 bridgehead atoms. The lowest BCUT2D eigenvalue weighted by molar-refractivity contribution is 0.481. The maximum Gasteiger partial charge on any atom is 0.294 e. The van der Waals surface area contributed by atoms with Crippen LogP contribution in [0.5, 0.6) is 0 Å². The highest BCUT2D eigenvalue weighted by Crippen LogP contribution is 2.73. The lowest BCUT2D eigenvalue weighted by Gasteiger charge is -2.37. The number of unbranched alkanes of at least 4 members (excludes halogenated alkanes) is 3. The molecule has 0 saturated heterocycles. The van der Waals surface area contributed by atoms with Crippen molar-refractivity contribution in [1.82, 2.24) is 0 Å². The highest BCUT2D eigenvalue weighted by molar-refractivity contribution is 7.86. The topological polar surface area (TPSA) is 54.4 Å². The van der Waals surface area contributed by atoms with Crippen molar-refractivity contribution in [2.45, 2.75) is 96.5 Å². The fraction of sp³-hybridized carbons (Fsp3) is 0.739. The Labute approximate surface area is 174 Å². The van der Waals surface area contributed by atoms with Gasteiger partial charge in [-0.1, -0.05) is 65.5 Å². The van der Waals surface area contributed by atoms with E-state index < -0.39 is 17.4 Å². The molecule has 0 fully saturated rings. The van der Waals surface area contributed by atoms with Crippen molar-refractivity contribution in [3.63, 3.8) is 0 Å². The Morgan fingerprint density at radius 1 is 0.893 bits per heavy atom. The monoisotopic (exact) mass is 429 g/mol. The van der Waals surface area contributed by atoms with Gasteiger partial charge in [-0.25, -0.2) is 0 Å². The molecule has 0 aromatic heterocycles. The van der Waals surface area contributed by atoms with Crippen LogP contribution in [-0.2, 0) is 10.1 Å². The van der Waals surface area contributed by atoms with E-state index >= 15 is 0 Å². The highest BCUT2D eigenvalue weighted by Gasteiger charge is 2.46. The molecule has 0 aliphatic rings. The SMILES string of the molecule is CCCC[P+](CCCC)(CCCC)C(CCC)c1c(C)cccc1S(=O)(=O)O. The van der Waals surface area contributed by atoms with Crippen LogP contribution in [0.1, 0.15) is 95.8 Å². The van der Waals surface area contributed by atoms with Gasteiger partial charge in [0.2, 0.25) is 0 Å². The standard InChI is InChI=1S/C23H41O3PS/c1-6-10-17-27(18-11-7-2,19-12-8-3)21(14-9-4)23-20(5)15-13-16-22(23)28(24,25)26/h13,15-16,21H,6-12,14,17-19H2,1-5H3/p+1. The zero-order valence-corrected chi connectivity index (χ0v) is 20.4. The van der Waals surface area contributed by atoms with Gasteiger partial charge in [-0.3, -0.25) is 4.55 Å². The van der Waals surface area contributed by atoms with E-state index in [9.17, 15) is 13.0 Å². The molecule has 0 heterocycles. The Kier molecular flexibility index (Phi) is 11.2. The van der Waals surface area contributed by atoms with E-state index in [1.807, 2.05) is 13.0 Å². The third kappa shape index (κ3) is 6.82. The average Bonchev–Trinajstić information content (AvgIpc) is 2.65. The zero-order valence-electron chi connectivity index (χ0n) is 18.7. The lowest BCUT2D eigenvalue weighted by atomic mass is 10.0. The first-order valence-electron chi connectivity index (χ1n) is 11.2. The third-order valence-corrected chi connectivity index (χ3v) is 12.4. The second kappa shape index (κ2) is 12.3. The molecule has 0 amide bonds. The van der Waals surface area contributed by atoms with Crippen molar-refractivity contribution < 1.29 is 13.0 Å². The number of rotatable bonds is 14. The van der Waals surface area contributed by atoms with Gasteiger partial charge in [-0.2, -0.15) is 8.42 Å². The molecule has 0 aliphatic heterocycles. The number of aryl methyl sites for hydroxylation is 1. The minimum Gasteiger partial charge on any atom is -0.282 e. The van der Waals surface area contributed by atoms with Crippen molar-refractivity contribution in [1.29, 1.82) is 0 Å². The third-order valence-electron chi connectivity index (χ3n) is 5.99. The minimum absolute atomic E-state index is 0.153. The van der Waals surface area contributed by atoms with Crippen LogP contribution in [0.2, 0.25) is 0 Å². The maximum atomic E-state index is 12.3. The molecule has 1 aromatic carbocycles. The van der Waals surface area contributed by atoms with Gasteiger partial charge in [0.05, 0.1) is 24.1 Å². The molecular weight excluding hydrogens is 387 g/mol. The van der Waals surface area contributed by atoms with Gasteiger partial charge in [0, 0.05) is 12.8 Å². The fourth-order valence-corrected chi connectivity index (χ4v) is 11.6. The summed E-state index contributed by atoms with van der Waals surface area (Å²) in [5, 5.41) is 0. The lowest BCUT2D eigenvalue weighted by Crippen LogP contribution is -2.20. The molecule has 1 N–H and O–H groups in total. The molecular formula is C23H42O3PS+. The predicted octanol–water partition coefficient (Wildman–Crippen LogP) is 7.50. The van der Waals surface area contributed by atoms with Gasteiger partial charge in [0.1, 0.15) is 4.90 Å². The van der Waals surface area contributed by atoms with E-state index in [4.69, 9.17) is 0 Å². The summed E-state index contributed by atoms with van der Waals surface area (Å²) in [5.74, 6) is 0. The predicted molar refractivity (Wildman–Crippen MR) is 125 cm³/mol. The Hall–Kier alpha value is -0.440. The van der Waals surface area contributed by atoms with Crippen LogP contribution in [0.15, 0.2) is 23.1 Å². The Bertz CT molecular complexity index is 663. The van der Waals surface area contributed by atoms with Crippen LogP contribution in [0, 0.1) is 6.92 Å². The van der Waals surface area contributed by atoms with E-state index in [0.29, 0.717) is 0 Å². The number of hydrogen-bond acceptors (Lipinski definition) is 2. The summed E-state index contributed by atoms with van der Waals surface area (Å²) in [6.45, 7) is 11.0. The van der Waals surface area contributed by atoms with Gasteiger partial charge in [0.25, 0.3) is 10.1 Å². The van der Waals surface area contributed by atoms with Crippen molar-refractivity contribution in [2.24, 2.45) is 0 Å². The van der Waals surface area contributed by atoms with Crippen molar-refractivity contribution in [2.75, 3.05) is 18.5 Å². The van der Waals surface area contributed by atoms with Gasteiger partial charge < -0.3 is 0 Å². The van der Waals surface area contributed by atoms with Crippen LogP contribution in [0.3, 0.4) is 0 Å². The normalized spacial score (nSPS) is 13.6. The highest BCUT2D eigenvalue weighted by atomic mass is 32.2. The molecule has 0 aliphatic carbocycles. The molecule has 162 valence electrons. The van der Waals surface area contributed by atoms with Gasteiger partial charge in [-0.15, -0.1) is 0 Å². The van der Waals surface area contributed by atoms with Crippen LogP contribution in [0.25, 0.3) is 0 Å². The van der Waals surface area contributed by atoms with E-state index in [2.05, 4.69) is 27.7 Å². The van der Waals surface area contributed by atoms with E-state index in [0.717, 1.165) is 24.0 Å². The molecule has 0 spiro atoms. The van der Waals surface area contributed by atoms with Gasteiger partial charge in [0.15, 0.2) is 0 Å². The van der Waals surface area contributed by atoms with E-state index in [1.54, 1.807) is 12.1 Å². The first-order chi connectivity index (χ1) is 13.3. The Morgan fingerprint density at radius 3 is 1.79 bits per heavy atom. The van der Waals surface area contributed by atoms with Gasteiger partial charge >= 0.3 is 0 Å². The summed E-state index contributed by atoms with van der Waals surface area (Å²) in [6, 6.07) is 5.38. The second-order valence-electron chi connectivity index (χ2n) is 8.22. The largest absolute Gasteiger partial charge is 0.294 e. The first kappa shape index (κ1) is 25.6. The zero-order chi connectivity index (χ0) is 21.2. The first-order valence-corrected chi connectivity index (χ1v) is 15.1. The molecule has 1 atom stereocenters. The van der Waals surface area contributed by atoms with Gasteiger partial charge in [-0.05, 0) is 44.2 Å². The molecule has 0 radical (unpaired) electrons. The van der Waals surface area contributed by atoms with E-state index in [1.165, 1.54) is 57.0 Å². The summed E-state index contributed by atoms with van der Waals surface area (Å²) in [5.41, 5.74) is 2.21. The Morgan fingerprint density at radius 2 is 1.39 bits per heavy atom. The summed E-state index contributed by atoms with van der Waals surface area (Å²) in [4.78, 5) is 0.153.